The van der Waals surface area contributed by atoms with Crippen LogP contribution in [-0.4, -0.2) is 51.1 Å². The third kappa shape index (κ3) is 3.13. The molecule has 0 radical (unpaired) electrons. The molecule has 1 N–H and O–H groups in total. The van der Waals surface area contributed by atoms with E-state index in [0.29, 0.717) is 48.7 Å². The Bertz CT molecular complexity index is 807. The van der Waals surface area contributed by atoms with Gasteiger partial charge in [-0.25, -0.2) is 4.79 Å². The summed E-state index contributed by atoms with van der Waals surface area (Å²) in [6.45, 7) is 2.32. The molecule has 0 atom stereocenters. The molecule has 2 heterocycles. The average molecular weight is 333 g/mol. The zero-order valence-corrected chi connectivity index (χ0v) is 13.4. The van der Waals surface area contributed by atoms with Gasteiger partial charge in [0.1, 0.15) is 5.58 Å². The van der Waals surface area contributed by atoms with Gasteiger partial charge >= 0.3 is 5.97 Å². The number of benzene rings is 1. The average Bonchev–Trinajstić information content (AvgIpc) is 2.62. The number of esters is 1. The topological polar surface area (TPSA) is 89.2 Å². The number of aliphatic hydroxyl groups excluding tert-OH is 1. The quantitative estimate of drug-likeness (QED) is 0.833. The number of methoxy groups -OCH3 is 1. The molecule has 0 bridgehead atoms. The second-order valence-electron chi connectivity index (χ2n) is 5.53. The lowest BCUT2D eigenvalue weighted by Gasteiger charge is -2.27. The molecule has 1 saturated heterocycles. The summed E-state index contributed by atoms with van der Waals surface area (Å²) in [5, 5.41) is 9.59. The molecule has 0 saturated carbocycles. The van der Waals surface area contributed by atoms with Crippen molar-refractivity contribution in [3.8, 4) is 0 Å². The lowest BCUT2D eigenvalue weighted by atomic mass is 10.0. The summed E-state index contributed by atoms with van der Waals surface area (Å²) < 4.78 is 16.0. The fraction of sp³-hybridized carbons (Fsp3) is 0.412. The number of fused-ring (bicyclic) bond motifs is 1. The number of aliphatic hydroxyl groups is 1. The fourth-order valence-electron chi connectivity index (χ4n) is 2.80. The first-order chi connectivity index (χ1) is 11.6. The van der Waals surface area contributed by atoms with Crippen molar-refractivity contribution in [3.63, 3.8) is 0 Å². The summed E-state index contributed by atoms with van der Waals surface area (Å²) in [6, 6.07) is 4.49. The maximum atomic E-state index is 12.5. The van der Waals surface area contributed by atoms with Crippen molar-refractivity contribution in [1.82, 2.24) is 0 Å². The highest BCUT2D eigenvalue weighted by molar-refractivity contribution is 5.95. The Morgan fingerprint density at radius 3 is 2.71 bits per heavy atom. The van der Waals surface area contributed by atoms with Gasteiger partial charge in [0.25, 0.3) is 0 Å². The van der Waals surface area contributed by atoms with E-state index in [9.17, 15) is 14.7 Å². The number of rotatable bonds is 4. The highest BCUT2D eigenvalue weighted by Gasteiger charge is 2.19. The van der Waals surface area contributed by atoms with Crippen LogP contribution in [-0.2, 0) is 15.9 Å². The number of ether oxygens (including phenoxy) is 2. The van der Waals surface area contributed by atoms with Crippen LogP contribution in [0.5, 0.6) is 0 Å². The molecule has 1 aromatic heterocycles. The van der Waals surface area contributed by atoms with Gasteiger partial charge in [0, 0.05) is 25.8 Å². The van der Waals surface area contributed by atoms with Gasteiger partial charge in [0.2, 0.25) is 0 Å². The Balaban J connectivity index is 2.16. The first-order valence-corrected chi connectivity index (χ1v) is 7.76. The summed E-state index contributed by atoms with van der Waals surface area (Å²) in [5.41, 5.74) is 1.02. The third-order valence-corrected chi connectivity index (χ3v) is 4.02. The SMILES string of the molecule is COC(=O)c1cc(CCO)c2oc(N3CCOCC3)cc(=O)c2c1. The summed E-state index contributed by atoms with van der Waals surface area (Å²) in [7, 11) is 1.28. The minimum absolute atomic E-state index is 0.120. The van der Waals surface area contributed by atoms with E-state index in [1.165, 1.54) is 19.2 Å². The predicted octanol–water partition coefficient (Wildman–Crippen LogP) is 0.951. The van der Waals surface area contributed by atoms with Crippen LogP contribution in [0.4, 0.5) is 5.88 Å². The van der Waals surface area contributed by atoms with Crippen LogP contribution in [0.15, 0.2) is 27.4 Å². The van der Waals surface area contributed by atoms with Crippen molar-refractivity contribution < 1.29 is 23.8 Å². The summed E-state index contributed by atoms with van der Waals surface area (Å²) in [6.07, 6.45) is 0.275. The molecular formula is C17H19NO6. The monoisotopic (exact) mass is 333 g/mol. The first kappa shape index (κ1) is 16.5. The number of morpholine rings is 1. The lowest BCUT2D eigenvalue weighted by molar-refractivity contribution is 0.0600. The Morgan fingerprint density at radius 1 is 1.29 bits per heavy atom. The molecule has 1 fully saturated rings. The number of anilines is 1. The first-order valence-electron chi connectivity index (χ1n) is 7.76. The van der Waals surface area contributed by atoms with E-state index in [4.69, 9.17) is 13.9 Å². The third-order valence-electron chi connectivity index (χ3n) is 4.02. The van der Waals surface area contributed by atoms with Crippen LogP contribution >= 0.6 is 0 Å². The number of carbonyl (C=O) groups excluding carboxylic acids is 1. The molecule has 2 aromatic rings. The van der Waals surface area contributed by atoms with E-state index in [-0.39, 0.29) is 24.0 Å². The van der Waals surface area contributed by atoms with Crippen LogP contribution in [0.1, 0.15) is 15.9 Å². The van der Waals surface area contributed by atoms with Crippen LogP contribution < -0.4 is 10.3 Å². The van der Waals surface area contributed by atoms with Gasteiger partial charge in [0.15, 0.2) is 11.3 Å². The molecule has 0 aliphatic carbocycles. The Morgan fingerprint density at radius 2 is 2.04 bits per heavy atom. The van der Waals surface area contributed by atoms with E-state index >= 15 is 0 Å². The highest BCUT2D eigenvalue weighted by Crippen LogP contribution is 2.25. The van der Waals surface area contributed by atoms with Gasteiger partial charge in [-0.15, -0.1) is 0 Å². The van der Waals surface area contributed by atoms with Gasteiger partial charge in [0.05, 0.1) is 31.3 Å². The minimum atomic E-state index is -0.534. The molecule has 24 heavy (non-hydrogen) atoms. The van der Waals surface area contributed by atoms with Crippen molar-refractivity contribution >= 4 is 22.8 Å². The van der Waals surface area contributed by atoms with Gasteiger partial charge in [-0.1, -0.05) is 0 Å². The van der Waals surface area contributed by atoms with Gasteiger partial charge in [-0.2, -0.15) is 0 Å². The molecule has 0 amide bonds. The largest absolute Gasteiger partial charge is 0.465 e. The van der Waals surface area contributed by atoms with Crippen molar-refractivity contribution in [2.75, 3.05) is 44.9 Å². The van der Waals surface area contributed by atoms with E-state index in [2.05, 4.69) is 0 Å². The van der Waals surface area contributed by atoms with Crippen LogP contribution in [0.25, 0.3) is 11.0 Å². The van der Waals surface area contributed by atoms with Crippen LogP contribution in [0.3, 0.4) is 0 Å². The zero-order chi connectivity index (χ0) is 17.1. The number of carbonyl (C=O) groups is 1. The lowest BCUT2D eigenvalue weighted by Crippen LogP contribution is -2.36. The summed E-state index contributed by atoms with van der Waals surface area (Å²) >= 11 is 0. The van der Waals surface area contributed by atoms with Crippen molar-refractivity contribution in [2.45, 2.75) is 6.42 Å². The maximum absolute atomic E-state index is 12.5. The highest BCUT2D eigenvalue weighted by atomic mass is 16.5. The van der Waals surface area contributed by atoms with Crippen molar-refractivity contribution in [2.24, 2.45) is 0 Å². The van der Waals surface area contributed by atoms with Crippen molar-refractivity contribution in [1.29, 1.82) is 0 Å². The Kier molecular flexibility index (Phi) is 4.82. The van der Waals surface area contributed by atoms with E-state index in [1.807, 2.05) is 4.90 Å². The molecule has 1 aliphatic heterocycles. The summed E-state index contributed by atoms with van der Waals surface area (Å²) in [5.74, 6) is -0.0615. The smallest absolute Gasteiger partial charge is 0.337 e. The molecule has 0 spiro atoms. The molecule has 1 aromatic carbocycles. The zero-order valence-electron chi connectivity index (χ0n) is 13.4. The number of hydrogen-bond acceptors (Lipinski definition) is 7. The van der Waals surface area contributed by atoms with Crippen LogP contribution in [0.2, 0.25) is 0 Å². The molecule has 3 rings (SSSR count). The molecule has 1 aliphatic rings. The second-order valence-corrected chi connectivity index (χ2v) is 5.53. The number of hydrogen-bond donors (Lipinski definition) is 1. The molecule has 128 valence electrons. The normalized spacial score (nSPS) is 14.8. The Hall–Kier alpha value is -2.38. The molecule has 7 nitrogen and oxygen atoms in total. The van der Waals surface area contributed by atoms with Gasteiger partial charge in [-0.05, 0) is 24.1 Å². The molecule has 7 heteroatoms. The van der Waals surface area contributed by atoms with Gasteiger partial charge < -0.3 is 23.9 Å². The molecule has 0 unspecified atom stereocenters. The van der Waals surface area contributed by atoms with Crippen molar-refractivity contribution in [3.05, 3.63) is 39.5 Å². The van der Waals surface area contributed by atoms with Crippen LogP contribution in [0, 0.1) is 0 Å². The predicted molar refractivity (Wildman–Crippen MR) is 87.6 cm³/mol. The summed E-state index contributed by atoms with van der Waals surface area (Å²) in [4.78, 5) is 26.3. The fourth-order valence-corrected chi connectivity index (χ4v) is 2.80. The Labute approximate surface area is 138 Å². The van der Waals surface area contributed by atoms with E-state index in [0.717, 1.165) is 0 Å². The molecular weight excluding hydrogens is 314 g/mol. The second kappa shape index (κ2) is 7.02. The van der Waals surface area contributed by atoms with E-state index in [1.54, 1.807) is 6.07 Å². The minimum Gasteiger partial charge on any atom is -0.465 e. The standard InChI is InChI=1S/C17H19NO6/c1-22-17(21)12-8-11(2-5-19)16-13(9-12)14(20)10-15(24-16)18-3-6-23-7-4-18/h8-10,19H,2-7H2,1H3. The van der Waals surface area contributed by atoms with Gasteiger partial charge in [-0.3, -0.25) is 4.79 Å². The maximum Gasteiger partial charge on any atom is 0.337 e. The van der Waals surface area contributed by atoms with E-state index < -0.39 is 5.97 Å². The number of nitrogens with zero attached hydrogens (tertiary/aromatic N) is 1.